The summed E-state index contributed by atoms with van der Waals surface area (Å²) in [7, 11) is 4.23. The van der Waals surface area contributed by atoms with Gasteiger partial charge >= 0.3 is 0 Å². The van der Waals surface area contributed by atoms with Gasteiger partial charge in [0.05, 0.1) is 0 Å². The monoisotopic (exact) mass is 261 g/mol. The number of aryl methyl sites for hydroxylation is 1. The lowest BCUT2D eigenvalue weighted by molar-refractivity contribution is 0.431. The first-order valence-electron chi connectivity index (χ1n) is 7.38. The minimum atomic E-state index is 0.642. The molecule has 1 aromatic carbocycles. The molecule has 0 amide bonds. The third-order valence-corrected chi connectivity index (χ3v) is 3.95. The number of benzene rings is 1. The molecule has 0 spiro atoms. The Kier molecular flexibility index (Phi) is 4.70. The van der Waals surface area contributed by atoms with Crippen molar-refractivity contribution in [3.8, 4) is 0 Å². The first-order valence-corrected chi connectivity index (χ1v) is 7.38. The van der Waals surface area contributed by atoms with E-state index in [4.69, 9.17) is 0 Å². The summed E-state index contributed by atoms with van der Waals surface area (Å²) in [4.78, 5) is 4.72. The van der Waals surface area contributed by atoms with Crippen LogP contribution in [0.5, 0.6) is 0 Å². The standard InChI is InChI=1S/C16H27N3/c1-5-17-14-7-6-10-19(12-14)15-9-8-13(2)16(11-15)18(3)4/h8-9,11,14,17H,5-7,10,12H2,1-4H3. The second-order valence-corrected chi connectivity index (χ2v) is 5.71. The van der Waals surface area contributed by atoms with E-state index in [-0.39, 0.29) is 0 Å². The quantitative estimate of drug-likeness (QED) is 0.899. The van der Waals surface area contributed by atoms with Gasteiger partial charge in [0.15, 0.2) is 0 Å². The molecular formula is C16H27N3. The Morgan fingerprint density at radius 1 is 1.37 bits per heavy atom. The summed E-state index contributed by atoms with van der Waals surface area (Å²) in [5, 5.41) is 3.58. The maximum atomic E-state index is 3.58. The summed E-state index contributed by atoms with van der Waals surface area (Å²) in [5.41, 5.74) is 4.02. The van der Waals surface area contributed by atoms with Crippen molar-refractivity contribution in [3.05, 3.63) is 23.8 Å². The van der Waals surface area contributed by atoms with Crippen molar-refractivity contribution in [1.29, 1.82) is 0 Å². The van der Waals surface area contributed by atoms with Gasteiger partial charge in [-0.15, -0.1) is 0 Å². The molecule has 1 aliphatic heterocycles. The molecule has 0 aliphatic carbocycles. The van der Waals surface area contributed by atoms with Crippen LogP contribution in [0.2, 0.25) is 0 Å². The van der Waals surface area contributed by atoms with Gasteiger partial charge in [-0.2, -0.15) is 0 Å². The molecule has 1 aromatic rings. The smallest absolute Gasteiger partial charge is 0.0411 e. The fraction of sp³-hybridized carbons (Fsp3) is 0.625. The normalized spacial score (nSPS) is 19.6. The Morgan fingerprint density at radius 3 is 2.84 bits per heavy atom. The van der Waals surface area contributed by atoms with Crippen molar-refractivity contribution in [2.45, 2.75) is 32.7 Å². The van der Waals surface area contributed by atoms with Crippen molar-refractivity contribution < 1.29 is 0 Å². The summed E-state index contributed by atoms with van der Waals surface area (Å²) in [5.74, 6) is 0. The van der Waals surface area contributed by atoms with Crippen molar-refractivity contribution in [1.82, 2.24) is 5.32 Å². The molecule has 1 fully saturated rings. The van der Waals surface area contributed by atoms with Gasteiger partial charge in [-0.1, -0.05) is 13.0 Å². The first-order chi connectivity index (χ1) is 9.11. The minimum absolute atomic E-state index is 0.642. The van der Waals surface area contributed by atoms with Gasteiger partial charge in [0.2, 0.25) is 0 Å². The molecule has 0 saturated carbocycles. The van der Waals surface area contributed by atoms with Crippen LogP contribution >= 0.6 is 0 Å². The molecule has 19 heavy (non-hydrogen) atoms. The summed E-state index contributed by atoms with van der Waals surface area (Å²) < 4.78 is 0. The number of hydrogen-bond acceptors (Lipinski definition) is 3. The predicted molar refractivity (Wildman–Crippen MR) is 84.4 cm³/mol. The number of rotatable bonds is 4. The van der Waals surface area contributed by atoms with E-state index < -0.39 is 0 Å². The molecule has 1 atom stereocenters. The van der Waals surface area contributed by atoms with Gasteiger partial charge < -0.3 is 15.1 Å². The second-order valence-electron chi connectivity index (χ2n) is 5.71. The molecule has 1 heterocycles. The zero-order valence-corrected chi connectivity index (χ0v) is 12.7. The molecule has 0 radical (unpaired) electrons. The summed E-state index contributed by atoms with van der Waals surface area (Å²) in [6, 6.07) is 7.46. The third kappa shape index (κ3) is 3.41. The van der Waals surface area contributed by atoms with E-state index in [1.807, 2.05) is 0 Å². The topological polar surface area (TPSA) is 18.5 Å². The van der Waals surface area contributed by atoms with Gasteiger partial charge in [-0.25, -0.2) is 0 Å². The van der Waals surface area contributed by atoms with E-state index in [1.165, 1.54) is 36.3 Å². The van der Waals surface area contributed by atoms with E-state index in [9.17, 15) is 0 Å². The Bertz CT molecular complexity index is 412. The lowest BCUT2D eigenvalue weighted by Gasteiger charge is -2.35. The Balaban J connectivity index is 2.14. The van der Waals surface area contributed by atoms with Crippen LogP contribution in [0.15, 0.2) is 18.2 Å². The number of nitrogens with one attached hydrogen (secondary N) is 1. The highest BCUT2D eigenvalue weighted by Crippen LogP contribution is 2.27. The van der Waals surface area contributed by atoms with Crippen LogP contribution in [0.4, 0.5) is 11.4 Å². The zero-order chi connectivity index (χ0) is 13.8. The molecule has 2 rings (SSSR count). The zero-order valence-electron chi connectivity index (χ0n) is 12.7. The fourth-order valence-electron chi connectivity index (χ4n) is 2.94. The van der Waals surface area contributed by atoms with Gasteiger partial charge in [0.1, 0.15) is 0 Å². The van der Waals surface area contributed by atoms with Crippen LogP contribution in [0, 0.1) is 6.92 Å². The lowest BCUT2D eigenvalue weighted by Crippen LogP contribution is -2.45. The van der Waals surface area contributed by atoms with E-state index in [0.29, 0.717) is 6.04 Å². The Morgan fingerprint density at radius 2 is 2.16 bits per heavy atom. The highest BCUT2D eigenvalue weighted by Gasteiger charge is 2.19. The van der Waals surface area contributed by atoms with Crippen LogP contribution < -0.4 is 15.1 Å². The molecule has 3 nitrogen and oxygen atoms in total. The maximum absolute atomic E-state index is 3.58. The van der Waals surface area contributed by atoms with Crippen molar-refractivity contribution in [2.75, 3.05) is 43.5 Å². The van der Waals surface area contributed by atoms with Gasteiger partial charge in [0.25, 0.3) is 0 Å². The lowest BCUT2D eigenvalue weighted by atomic mass is 10.0. The summed E-state index contributed by atoms with van der Waals surface area (Å²) in [6.45, 7) is 7.74. The Labute approximate surface area is 117 Å². The van der Waals surface area contributed by atoms with Gasteiger partial charge in [-0.3, -0.25) is 0 Å². The van der Waals surface area contributed by atoms with E-state index in [2.05, 4.69) is 61.3 Å². The first kappa shape index (κ1) is 14.2. The molecule has 1 unspecified atom stereocenters. The average molecular weight is 261 g/mol. The molecule has 1 aliphatic rings. The average Bonchev–Trinajstić information content (AvgIpc) is 2.39. The van der Waals surface area contributed by atoms with E-state index in [1.54, 1.807) is 0 Å². The second kappa shape index (κ2) is 6.29. The fourth-order valence-corrected chi connectivity index (χ4v) is 2.94. The third-order valence-electron chi connectivity index (χ3n) is 3.95. The van der Waals surface area contributed by atoms with Crippen LogP contribution in [0.3, 0.4) is 0 Å². The van der Waals surface area contributed by atoms with Crippen molar-refractivity contribution >= 4 is 11.4 Å². The highest BCUT2D eigenvalue weighted by atomic mass is 15.2. The molecule has 106 valence electrons. The number of piperidine rings is 1. The summed E-state index contributed by atoms with van der Waals surface area (Å²) >= 11 is 0. The minimum Gasteiger partial charge on any atom is -0.377 e. The molecular weight excluding hydrogens is 234 g/mol. The summed E-state index contributed by atoms with van der Waals surface area (Å²) in [6.07, 6.45) is 2.58. The van der Waals surface area contributed by atoms with Gasteiger partial charge in [0, 0.05) is 44.6 Å². The molecule has 0 bridgehead atoms. The molecule has 1 saturated heterocycles. The van der Waals surface area contributed by atoms with Gasteiger partial charge in [-0.05, 0) is 44.0 Å². The van der Waals surface area contributed by atoms with Crippen molar-refractivity contribution in [2.24, 2.45) is 0 Å². The van der Waals surface area contributed by atoms with Crippen LogP contribution in [-0.2, 0) is 0 Å². The number of anilines is 2. The molecule has 0 aromatic heterocycles. The number of hydrogen-bond donors (Lipinski definition) is 1. The Hall–Kier alpha value is -1.22. The maximum Gasteiger partial charge on any atom is 0.0411 e. The number of likely N-dealkylation sites (N-methyl/N-ethyl adjacent to an activating group) is 1. The molecule has 3 heteroatoms. The van der Waals surface area contributed by atoms with E-state index in [0.717, 1.165) is 13.1 Å². The number of nitrogens with zero attached hydrogens (tertiary/aromatic N) is 2. The van der Waals surface area contributed by atoms with Crippen LogP contribution in [0.25, 0.3) is 0 Å². The van der Waals surface area contributed by atoms with Crippen molar-refractivity contribution in [3.63, 3.8) is 0 Å². The molecule has 1 N–H and O–H groups in total. The SMILES string of the molecule is CCNC1CCCN(c2ccc(C)c(N(C)C)c2)C1. The largest absolute Gasteiger partial charge is 0.377 e. The highest BCUT2D eigenvalue weighted by molar-refractivity contribution is 5.63. The van der Waals surface area contributed by atoms with Crippen LogP contribution in [0.1, 0.15) is 25.3 Å². The van der Waals surface area contributed by atoms with Crippen LogP contribution in [-0.4, -0.2) is 39.8 Å². The predicted octanol–water partition coefficient (Wildman–Crippen LogP) is 2.64. The van der Waals surface area contributed by atoms with E-state index >= 15 is 0 Å².